The van der Waals surface area contributed by atoms with Gasteiger partial charge in [0.2, 0.25) is 11.7 Å². The Morgan fingerprint density at radius 3 is 2.24 bits per heavy atom. The van der Waals surface area contributed by atoms with Gasteiger partial charge in [0, 0.05) is 32.4 Å². The van der Waals surface area contributed by atoms with Gasteiger partial charge in [-0.05, 0) is 53.4 Å². The Hall–Kier alpha value is -1.95. The van der Waals surface area contributed by atoms with Crippen molar-refractivity contribution in [3.8, 4) is 0 Å². The highest BCUT2D eigenvalue weighted by Crippen LogP contribution is 2.29. The molecule has 0 aromatic rings. The van der Waals surface area contributed by atoms with Crippen LogP contribution in [0.5, 0.6) is 0 Å². The van der Waals surface area contributed by atoms with Crippen LogP contribution >= 0.6 is 11.6 Å². The van der Waals surface area contributed by atoms with Gasteiger partial charge in [0.05, 0.1) is 10.7 Å². The first kappa shape index (κ1) is 25.1. The summed E-state index contributed by atoms with van der Waals surface area (Å²) >= 11 is 5.90. The number of nitrogens with one attached hydrogen (secondary N) is 1. The maximum atomic E-state index is 12.4. The standard InChI is InChI=1S/C23H32ClNO4/c1-16(2)9-7-10-17(3)11-8-12-18(4)13-22(27)25-21-14-20(26)19(24)15-23(21,28-5)29-6/h9,11,13-15H,7-8,10,12H2,1-6H3,(H,25,27). The molecule has 1 rings (SSSR count). The Kier molecular flexibility index (Phi) is 10.3. The molecule has 160 valence electrons. The molecule has 0 unspecified atom stereocenters. The van der Waals surface area contributed by atoms with Gasteiger partial charge in [-0.1, -0.05) is 40.5 Å². The Balaban J connectivity index is 2.68. The number of carbonyl (C=O) groups excluding carboxylic acids is 2. The van der Waals surface area contributed by atoms with E-state index >= 15 is 0 Å². The van der Waals surface area contributed by atoms with Crippen molar-refractivity contribution in [2.45, 2.75) is 59.2 Å². The number of allylic oxidation sites excluding steroid dienone is 7. The van der Waals surface area contributed by atoms with Crippen LogP contribution in [0.3, 0.4) is 0 Å². The van der Waals surface area contributed by atoms with Gasteiger partial charge in [0.25, 0.3) is 0 Å². The smallest absolute Gasteiger partial charge is 0.248 e. The van der Waals surface area contributed by atoms with E-state index in [1.54, 1.807) is 0 Å². The molecule has 0 fully saturated rings. The van der Waals surface area contributed by atoms with E-state index in [-0.39, 0.29) is 16.6 Å². The lowest BCUT2D eigenvalue weighted by atomic mass is 10.0. The Labute approximate surface area is 179 Å². The molecular weight excluding hydrogens is 390 g/mol. The van der Waals surface area contributed by atoms with E-state index in [4.69, 9.17) is 21.1 Å². The quantitative estimate of drug-likeness (QED) is 0.303. The van der Waals surface area contributed by atoms with Gasteiger partial charge in [-0.3, -0.25) is 9.59 Å². The van der Waals surface area contributed by atoms with E-state index in [1.807, 2.05) is 6.92 Å². The van der Waals surface area contributed by atoms with Crippen LogP contribution in [0.2, 0.25) is 0 Å². The van der Waals surface area contributed by atoms with E-state index in [0.717, 1.165) is 31.3 Å². The monoisotopic (exact) mass is 421 g/mol. The molecule has 5 nitrogen and oxygen atoms in total. The number of amides is 1. The SMILES string of the molecule is COC1(OC)C=C(Cl)C(=O)C=C1NC(=O)C=C(C)CCC=C(C)CCC=C(C)C. The third-order valence-corrected chi connectivity index (χ3v) is 4.86. The van der Waals surface area contributed by atoms with Crippen LogP contribution < -0.4 is 5.32 Å². The maximum absolute atomic E-state index is 12.4. The summed E-state index contributed by atoms with van der Waals surface area (Å²) in [7, 11) is 2.82. The molecule has 0 atom stereocenters. The molecular formula is C23H32ClNO4. The van der Waals surface area contributed by atoms with Crippen LogP contribution in [0.1, 0.15) is 53.4 Å². The molecule has 0 aromatic heterocycles. The first-order chi connectivity index (χ1) is 13.6. The zero-order chi connectivity index (χ0) is 22.0. The van der Waals surface area contributed by atoms with Crippen LogP contribution in [-0.4, -0.2) is 31.7 Å². The average molecular weight is 422 g/mol. The number of ether oxygens (including phenoxy) is 2. The van der Waals surface area contributed by atoms with Crippen molar-refractivity contribution in [3.63, 3.8) is 0 Å². The van der Waals surface area contributed by atoms with Gasteiger partial charge in [-0.15, -0.1) is 0 Å². The molecule has 1 aliphatic carbocycles. The number of hydrogen-bond donors (Lipinski definition) is 1. The summed E-state index contributed by atoms with van der Waals surface area (Å²) in [4.78, 5) is 24.3. The van der Waals surface area contributed by atoms with Gasteiger partial charge < -0.3 is 14.8 Å². The number of halogens is 1. The van der Waals surface area contributed by atoms with Crippen molar-refractivity contribution in [2.75, 3.05) is 14.2 Å². The highest BCUT2D eigenvalue weighted by molar-refractivity contribution is 6.44. The topological polar surface area (TPSA) is 64.6 Å². The zero-order valence-corrected chi connectivity index (χ0v) is 19.0. The van der Waals surface area contributed by atoms with E-state index in [2.05, 4.69) is 38.2 Å². The second-order valence-electron chi connectivity index (χ2n) is 7.38. The van der Waals surface area contributed by atoms with Crippen molar-refractivity contribution in [1.82, 2.24) is 5.32 Å². The lowest BCUT2D eigenvalue weighted by Crippen LogP contribution is -2.44. The third kappa shape index (κ3) is 8.13. The highest BCUT2D eigenvalue weighted by atomic mass is 35.5. The van der Waals surface area contributed by atoms with Gasteiger partial charge in [0.1, 0.15) is 0 Å². The molecule has 6 heteroatoms. The largest absolute Gasteiger partial charge is 0.345 e. The summed E-state index contributed by atoms with van der Waals surface area (Å²) in [5.41, 5.74) is 3.81. The van der Waals surface area contributed by atoms with Crippen molar-refractivity contribution in [2.24, 2.45) is 0 Å². The van der Waals surface area contributed by atoms with Crippen LogP contribution in [0.4, 0.5) is 0 Å². The summed E-state index contributed by atoms with van der Waals surface area (Å²) in [5.74, 6) is -2.16. The van der Waals surface area contributed by atoms with Crippen molar-refractivity contribution in [1.29, 1.82) is 0 Å². The molecule has 0 aliphatic heterocycles. The molecule has 0 saturated heterocycles. The van der Waals surface area contributed by atoms with Gasteiger partial charge in [-0.2, -0.15) is 0 Å². The summed E-state index contributed by atoms with van der Waals surface area (Å²) in [6.45, 7) is 8.24. The minimum Gasteiger partial charge on any atom is -0.345 e. The molecule has 0 radical (unpaired) electrons. The predicted molar refractivity (Wildman–Crippen MR) is 117 cm³/mol. The second-order valence-corrected chi connectivity index (χ2v) is 7.79. The number of ketones is 1. The van der Waals surface area contributed by atoms with E-state index in [9.17, 15) is 9.59 Å². The van der Waals surface area contributed by atoms with Crippen molar-refractivity contribution in [3.05, 3.63) is 57.8 Å². The van der Waals surface area contributed by atoms with E-state index < -0.39 is 11.6 Å². The molecule has 1 aliphatic rings. The average Bonchev–Trinajstić information content (AvgIpc) is 2.64. The van der Waals surface area contributed by atoms with Crippen LogP contribution in [-0.2, 0) is 19.1 Å². The van der Waals surface area contributed by atoms with Gasteiger partial charge in [0.15, 0.2) is 5.78 Å². The number of carbonyl (C=O) groups is 2. The first-order valence-corrected chi connectivity index (χ1v) is 10.0. The molecule has 0 spiro atoms. The van der Waals surface area contributed by atoms with E-state index in [1.165, 1.54) is 43.6 Å². The molecule has 0 saturated carbocycles. The summed E-state index contributed by atoms with van der Waals surface area (Å²) in [5, 5.41) is 2.66. The van der Waals surface area contributed by atoms with E-state index in [0.29, 0.717) is 0 Å². The fraction of sp³-hybridized carbons (Fsp3) is 0.478. The van der Waals surface area contributed by atoms with Crippen molar-refractivity contribution >= 4 is 23.3 Å². The number of methoxy groups -OCH3 is 2. The molecule has 29 heavy (non-hydrogen) atoms. The Morgan fingerprint density at radius 1 is 1.07 bits per heavy atom. The predicted octanol–water partition coefficient (Wildman–Crippen LogP) is 5.10. The van der Waals surface area contributed by atoms with Gasteiger partial charge in [-0.25, -0.2) is 0 Å². The number of rotatable bonds is 10. The van der Waals surface area contributed by atoms with Crippen LogP contribution in [0.15, 0.2) is 57.8 Å². The maximum Gasteiger partial charge on any atom is 0.248 e. The number of hydrogen-bond acceptors (Lipinski definition) is 4. The second kappa shape index (κ2) is 11.9. The third-order valence-electron chi connectivity index (χ3n) is 4.57. The summed E-state index contributed by atoms with van der Waals surface area (Å²) in [6, 6.07) is 0. The minimum absolute atomic E-state index is 0.0230. The van der Waals surface area contributed by atoms with Crippen LogP contribution in [0.25, 0.3) is 0 Å². The van der Waals surface area contributed by atoms with Gasteiger partial charge >= 0.3 is 0 Å². The fourth-order valence-corrected chi connectivity index (χ4v) is 3.06. The molecule has 0 aromatic carbocycles. The summed E-state index contributed by atoms with van der Waals surface area (Å²) < 4.78 is 10.7. The van der Waals surface area contributed by atoms with Crippen LogP contribution in [0, 0.1) is 0 Å². The lowest BCUT2D eigenvalue weighted by molar-refractivity contribution is -0.150. The zero-order valence-electron chi connectivity index (χ0n) is 18.2. The Bertz CT molecular complexity index is 764. The lowest BCUT2D eigenvalue weighted by Gasteiger charge is -2.32. The minimum atomic E-state index is -1.40. The highest BCUT2D eigenvalue weighted by Gasteiger charge is 2.38. The first-order valence-electron chi connectivity index (χ1n) is 9.65. The molecule has 0 bridgehead atoms. The summed E-state index contributed by atoms with van der Waals surface area (Å²) in [6.07, 6.45) is 12.3. The van der Waals surface area contributed by atoms with Crippen molar-refractivity contribution < 1.29 is 19.1 Å². The molecule has 1 N–H and O–H groups in total. The fourth-order valence-electron chi connectivity index (χ4n) is 2.86. The molecule has 1 amide bonds. The molecule has 0 heterocycles. The Morgan fingerprint density at radius 2 is 1.66 bits per heavy atom. The normalized spacial score (nSPS) is 16.9.